The van der Waals surface area contributed by atoms with Crippen LogP contribution < -0.4 is 5.32 Å². The number of fused-ring (bicyclic) bond motifs is 1. The van der Waals surface area contributed by atoms with Gasteiger partial charge >= 0.3 is 5.97 Å². The Morgan fingerprint density at radius 3 is 2.75 bits per heavy atom. The summed E-state index contributed by atoms with van der Waals surface area (Å²) in [6.07, 6.45) is 3.59. The van der Waals surface area contributed by atoms with E-state index in [-0.39, 0.29) is 22.4 Å². The van der Waals surface area contributed by atoms with Crippen molar-refractivity contribution in [2.45, 2.75) is 38.6 Å². The fourth-order valence-electron chi connectivity index (χ4n) is 3.29. The highest BCUT2D eigenvalue weighted by molar-refractivity contribution is 6.33. The first kappa shape index (κ1) is 21.7. The average molecular weight is 458 g/mol. The maximum absolute atomic E-state index is 12.8. The van der Waals surface area contributed by atoms with Crippen molar-refractivity contribution in [1.29, 1.82) is 0 Å². The maximum atomic E-state index is 12.8. The molecule has 3 aromatic rings. The van der Waals surface area contributed by atoms with Gasteiger partial charge in [-0.1, -0.05) is 11.6 Å². The number of nitro benzene ring substituents is 1. The Morgan fingerprint density at radius 1 is 1.34 bits per heavy atom. The topological polar surface area (TPSA) is 129 Å². The van der Waals surface area contributed by atoms with Gasteiger partial charge < -0.3 is 10.1 Å². The molecule has 1 fully saturated rings. The number of hydrogen-bond acceptors (Lipinski definition) is 7. The quantitative estimate of drug-likeness (QED) is 0.319. The molecule has 0 saturated heterocycles. The third-order valence-corrected chi connectivity index (χ3v) is 5.39. The van der Waals surface area contributed by atoms with Crippen molar-refractivity contribution in [3.63, 3.8) is 0 Å². The van der Waals surface area contributed by atoms with Crippen molar-refractivity contribution in [3.8, 4) is 0 Å². The number of rotatable bonds is 7. The summed E-state index contributed by atoms with van der Waals surface area (Å²) < 4.78 is 6.96. The summed E-state index contributed by atoms with van der Waals surface area (Å²) in [7, 11) is 0. The summed E-state index contributed by atoms with van der Waals surface area (Å²) in [6, 6.07) is 5.42. The number of esters is 1. The summed E-state index contributed by atoms with van der Waals surface area (Å²) >= 11 is 5.99. The van der Waals surface area contributed by atoms with Gasteiger partial charge in [0.15, 0.2) is 12.3 Å². The van der Waals surface area contributed by atoms with Crippen LogP contribution in [0, 0.1) is 10.1 Å². The molecule has 10 nitrogen and oxygen atoms in total. The van der Waals surface area contributed by atoms with E-state index in [0.717, 1.165) is 24.6 Å². The molecule has 0 radical (unpaired) electrons. The van der Waals surface area contributed by atoms with Crippen LogP contribution in [0.15, 0.2) is 30.5 Å². The molecule has 1 amide bonds. The normalized spacial score (nSPS) is 13.4. The number of benzene rings is 1. The number of aromatic nitrogens is 3. The number of carbonyl (C=O) groups is 2. The first-order valence-corrected chi connectivity index (χ1v) is 10.4. The van der Waals surface area contributed by atoms with E-state index in [1.54, 1.807) is 16.9 Å². The summed E-state index contributed by atoms with van der Waals surface area (Å²) in [6.45, 7) is 3.36. The molecule has 1 N–H and O–H groups in total. The molecule has 32 heavy (non-hydrogen) atoms. The lowest BCUT2D eigenvalue weighted by atomic mass is 10.1. The Hall–Kier alpha value is -3.53. The zero-order chi connectivity index (χ0) is 23.0. The first-order chi connectivity index (χ1) is 15.2. The minimum Gasteiger partial charge on any atom is -0.452 e. The molecule has 1 aliphatic carbocycles. The number of pyridine rings is 1. The van der Waals surface area contributed by atoms with Crippen molar-refractivity contribution >= 4 is 45.9 Å². The van der Waals surface area contributed by atoms with Gasteiger partial charge in [0.1, 0.15) is 0 Å². The van der Waals surface area contributed by atoms with Gasteiger partial charge in [0, 0.05) is 29.8 Å². The van der Waals surface area contributed by atoms with Gasteiger partial charge in [0.05, 0.1) is 32.8 Å². The summed E-state index contributed by atoms with van der Waals surface area (Å²) in [4.78, 5) is 40.1. The number of carbonyl (C=O) groups excluding carboxylic acids is 2. The molecule has 0 atom stereocenters. The molecule has 1 saturated carbocycles. The lowest BCUT2D eigenvalue weighted by Gasteiger charge is -2.11. The number of halogens is 1. The molecule has 0 bridgehead atoms. The SMILES string of the molecule is CC(C)n1ncc2c(C(=O)OCC(=O)Nc3cc([N+](=O)[O-])ccc3Cl)cc(C3CC3)nc21. The molecule has 0 spiro atoms. The molecule has 4 rings (SSSR count). The van der Waals surface area contributed by atoms with E-state index in [4.69, 9.17) is 16.3 Å². The molecule has 0 unspecified atom stereocenters. The van der Waals surface area contributed by atoms with E-state index in [9.17, 15) is 19.7 Å². The lowest BCUT2D eigenvalue weighted by molar-refractivity contribution is -0.384. The number of nitrogens with one attached hydrogen (secondary N) is 1. The van der Waals surface area contributed by atoms with Crippen LogP contribution >= 0.6 is 11.6 Å². The van der Waals surface area contributed by atoms with Gasteiger partial charge in [-0.25, -0.2) is 14.5 Å². The van der Waals surface area contributed by atoms with Crippen molar-refractivity contribution in [2.24, 2.45) is 0 Å². The van der Waals surface area contributed by atoms with Crippen LogP contribution in [-0.2, 0) is 9.53 Å². The standard InChI is InChI=1S/C21H20ClN5O5/c1-11(2)26-20-15(9-23-26)14(8-17(25-20)12-3-4-12)21(29)32-10-19(28)24-18-7-13(27(30)31)5-6-16(18)22/h5-9,11-12H,3-4,10H2,1-2H3,(H,24,28). The van der Waals surface area contributed by atoms with Crippen LogP contribution in [0.4, 0.5) is 11.4 Å². The fraction of sp³-hybridized carbons (Fsp3) is 0.333. The van der Waals surface area contributed by atoms with Crippen LogP contribution in [0.3, 0.4) is 0 Å². The minimum atomic E-state index is -0.678. The van der Waals surface area contributed by atoms with E-state index >= 15 is 0 Å². The Balaban J connectivity index is 1.51. The van der Waals surface area contributed by atoms with Crippen LogP contribution in [0.2, 0.25) is 5.02 Å². The van der Waals surface area contributed by atoms with Crippen LogP contribution in [-0.4, -0.2) is 38.2 Å². The zero-order valence-electron chi connectivity index (χ0n) is 17.4. The molecule has 2 heterocycles. The van der Waals surface area contributed by atoms with E-state index in [2.05, 4.69) is 15.4 Å². The van der Waals surface area contributed by atoms with Crippen LogP contribution in [0.5, 0.6) is 0 Å². The number of ether oxygens (including phenoxy) is 1. The lowest BCUT2D eigenvalue weighted by Crippen LogP contribution is -2.21. The number of anilines is 1. The number of nitrogens with zero attached hydrogens (tertiary/aromatic N) is 4. The van der Waals surface area contributed by atoms with Crippen molar-refractivity contribution < 1.29 is 19.2 Å². The molecule has 166 valence electrons. The monoisotopic (exact) mass is 457 g/mol. The Bertz CT molecular complexity index is 1230. The Labute approximate surface area is 187 Å². The third-order valence-electron chi connectivity index (χ3n) is 5.06. The number of hydrogen-bond donors (Lipinski definition) is 1. The van der Waals surface area contributed by atoms with Gasteiger partial charge in [-0.3, -0.25) is 14.9 Å². The molecule has 1 aromatic carbocycles. The third kappa shape index (κ3) is 4.40. The van der Waals surface area contributed by atoms with E-state index in [1.807, 2.05) is 13.8 Å². The predicted molar refractivity (Wildman–Crippen MR) is 117 cm³/mol. The molecule has 11 heteroatoms. The molecule has 1 aliphatic rings. The van der Waals surface area contributed by atoms with Gasteiger partial charge in [0.2, 0.25) is 0 Å². The van der Waals surface area contributed by atoms with Gasteiger partial charge in [-0.2, -0.15) is 5.10 Å². The molecular formula is C21H20ClN5O5. The zero-order valence-corrected chi connectivity index (χ0v) is 18.1. The second kappa shape index (κ2) is 8.54. The summed E-state index contributed by atoms with van der Waals surface area (Å²) in [5, 5.41) is 18.4. The second-order valence-electron chi connectivity index (χ2n) is 7.83. The molecular weight excluding hydrogens is 438 g/mol. The number of non-ortho nitro benzene ring substituents is 1. The van der Waals surface area contributed by atoms with Crippen LogP contribution in [0.25, 0.3) is 11.0 Å². The molecule has 0 aliphatic heterocycles. The second-order valence-corrected chi connectivity index (χ2v) is 8.24. The molecule has 2 aromatic heterocycles. The van der Waals surface area contributed by atoms with E-state index in [1.165, 1.54) is 12.1 Å². The minimum absolute atomic E-state index is 0.0578. The van der Waals surface area contributed by atoms with Gasteiger partial charge in [-0.15, -0.1) is 0 Å². The summed E-state index contributed by atoms with van der Waals surface area (Å²) in [5.74, 6) is -1.05. The van der Waals surface area contributed by atoms with Crippen LogP contribution in [0.1, 0.15) is 54.7 Å². The first-order valence-electron chi connectivity index (χ1n) is 10.0. The highest BCUT2D eigenvalue weighted by Crippen LogP contribution is 2.40. The largest absolute Gasteiger partial charge is 0.452 e. The highest BCUT2D eigenvalue weighted by Gasteiger charge is 2.28. The number of nitro groups is 1. The van der Waals surface area contributed by atoms with Crippen molar-refractivity contribution in [2.75, 3.05) is 11.9 Å². The fourth-order valence-corrected chi connectivity index (χ4v) is 3.45. The number of amides is 1. The van der Waals surface area contributed by atoms with Gasteiger partial charge in [0.25, 0.3) is 11.6 Å². The van der Waals surface area contributed by atoms with Crippen molar-refractivity contribution in [3.05, 3.63) is 56.9 Å². The Kier molecular flexibility index (Phi) is 5.79. The highest BCUT2D eigenvalue weighted by atomic mass is 35.5. The average Bonchev–Trinajstić information content (AvgIpc) is 3.51. The summed E-state index contributed by atoms with van der Waals surface area (Å²) in [5.41, 5.74) is 1.53. The van der Waals surface area contributed by atoms with Gasteiger partial charge in [-0.05, 0) is 38.8 Å². The Morgan fingerprint density at radius 2 is 2.09 bits per heavy atom. The smallest absolute Gasteiger partial charge is 0.339 e. The van der Waals surface area contributed by atoms with E-state index in [0.29, 0.717) is 22.5 Å². The van der Waals surface area contributed by atoms with E-state index < -0.39 is 23.4 Å². The predicted octanol–water partition coefficient (Wildman–Crippen LogP) is 4.25. The maximum Gasteiger partial charge on any atom is 0.339 e. The van der Waals surface area contributed by atoms with Crippen molar-refractivity contribution in [1.82, 2.24) is 14.8 Å².